The van der Waals surface area contributed by atoms with E-state index in [2.05, 4.69) is 15.6 Å². The maximum atomic E-state index is 11.5. The number of ether oxygens (including phenoxy) is 1. The summed E-state index contributed by atoms with van der Waals surface area (Å²) in [5.41, 5.74) is 1.16. The predicted octanol–water partition coefficient (Wildman–Crippen LogP) is 3.43. The number of benzene rings is 1. The van der Waals surface area contributed by atoms with Crippen LogP contribution in [0.5, 0.6) is 0 Å². The van der Waals surface area contributed by atoms with E-state index in [0.717, 1.165) is 12.0 Å². The number of hydrogen-bond donors (Lipinski definition) is 2. The van der Waals surface area contributed by atoms with Crippen LogP contribution in [0.25, 0.3) is 0 Å². The SMILES string of the molecule is CC(OCCCNC(=O)Nc1nccs1)c1ccccc1. The smallest absolute Gasteiger partial charge is 0.321 e. The van der Waals surface area contributed by atoms with Crippen LogP contribution in [-0.2, 0) is 4.74 Å². The van der Waals surface area contributed by atoms with E-state index in [-0.39, 0.29) is 12.1 Å². The first-order valence-electron chi connectivity index (χ1n) is 6.86. The third kappa shape index (κ3) is 5.53. The summed E-state index contributed by atoms with van der Waals surface area (Å²) in [6.07, 6.45) is 2.48. The van der Waals surface area contributed by atoms with Gasteiger partial charge in [-0.1, -0.05) is 30.3 Å². The Hall–Kier alpha value is -1.92. The molecule has 5 nitrogen and oxygen atoms in total. The number of thiazole rings is 1. The van der Waals surface area contributed by atoms with Gasteiger partial charge in [0.05, 0.1) is 6.10 Å². The Morgan fingerprint density at radius 3 is 2.90 bits per heavy atom. The minimum Gasteiger partial charge on any atom is -0.374 e. The van der Waals surface area contributed by atoms with Crippen molar-refractivity contribution < 1.29 is 9.53 Å². The van der Waals surface area contributed by atoms with Crippen molar-refractivity contribution >= 4 is 22.5 Å². The number of aromatic nitrogens is 1. The predicted molar refractivity (Wildman–Crippen MR) is 84.6 cm³/mol. The molecule has 0 aliphatic heterocycles. The number of amides is 2. The van der Waals surface area contributed by atoms with Crippen LogP contribution in [0, 0.1) is 0 Å². The molecular weight excluding hydrogens is 286 g/mol. The number of carbonyl (C=O) groups is 1. The van der Waals surface area contributed by atoms with Gasteiger partial charge in [0.2, 0.25) is 0 Å². The number of nitrogens with zero attached hydrogens (tertiary/aromatic N) is 1. The first-order valence-corrected chi connectivity index (χ1v) is 7.74. The van der Waals surface area contributed by atoms with Gasteiger partial charge in [0.1, 0.15) is 0 Å². The average molecular weight is 305 g/mol. The molecule has 2 N–H and O–H groups in total. The molecule has 0 spiro atoms. The second kappa shape index (κ2) is 8.39. The highest BCUT2D eigenvalue weighted by molar-refractivity contribution is 7.13. The van der Waals surface area contributed by atoms with Crippen LogP contribution in [0.15, 0.2) is 41.9 Å². The quantitative estimate of drug-likeness (QED) is 0.770. The van der Waals surface area contributed by atoms with Crippen LogP contribution < -0.4 is 10.6 Å². The maximum Gasteiger partial charge on any atom is 0.321 e. The normalized spacial score (nSPS) is 11.9. The van der Waals surface area contributed by atoms with Crippen molar-refractivity contribution in [2.24, 2.45) is 0 Å². The van der Waals surface area contributed by atoms with E-state index in [9.17, 15) is 4.79 Å². The highest BCUT2D eigenvalue weighted by Gasteiger charge is 2.05. The van der Waals surface area contributed by atoms with E-state index < -0.39 is 0 Å². The number of urea groups is 1. The summed E-state index contributed by atoms with van der Waals surface area (Å²) in [6.45, 7) is 3.20. The summed E-state index contributed by atoms with van der Waals surface area (Å²) in [5.74, 6) is 0. The Morgan fingerprint density at radius 2 is 2.19 bits per heavy atom. The molecule has 2 aromatic rings. The van der Waals surface area contributed by atoms with Gasteiger partial charge in [0.15, 0.2) is 5.13 Å². The lowest BCUT2D eigenvalue weighted by Gasteiger charge is -2.13. The fourth-order valence-electron chi connectivity index (χ4n) is 1.78. The molecule has 112 valence electrons. The van der Waals surface area contributed by atoms with Gasteiger partial charge in [-0.3, -0.25) is 5.32 Å². The maximum absolute atomic E-state index is 11.5. The van der Waals surface area contributed by atoms with Crippen LogP contribution in [-0.4, -0.2) is 24.2 Å². The summed E-state index contributed by atoms with van der Waals surface area (Å²) in [5, 5.41) is 7.85. The molecule has 1 unspecified atom stereocenters. The molecule has 0 aliphatic carbocycles. The van der Waals surface area contributed by atoms with Gasteiger partial charge in [0.25, 0.3) is 0 Å². The Kier molecular flexibility index (Phi) is 6.18. The molecule has 2 rings (SSSR count). The van der Waals surface area contributed by atoms with E-state index in [4.69, 9.17) is 4.74 Å². The molecule has 21 heavy (non-hydrogen) atoms. The first-order chi connectivity index (χ1) is 10.3. The summed E-state index contributed by atoms with van der Waals surface area (Å²) in [6, 6.07) is 9.84. The second-order valence-corrected chi connectivity index (χ2v) is 5.39. The Bertz CT molecular complexity index is 531. The lowest BCUT2D eigenvalue weighted by molar-refractivity contribution is 0.0644. The third-order valence-electron chi connectivity index (χ3n) is 2.90. The van der Waals surface area contributed by atoms with E-state index in [1.165, 1.54) is 11.3 Å². The minimum absolute atomic E-state index is 0.0651. The van der Waals surface area contributed by atoms with E-state index in [1.54, 1.807) is 6.20 Å². The van der Waals surface area contributed by atoms with Gasteiger partial charge in [-0.25, -0.2) is 9.78 Å². The van der Waals surface area contributed by atoms with Crippen molar-refractivity contribution in [2.75, 3.05) is 18.5 Å². The van der Waals surface area contributed by atoms with E-state index in [0.29, 0.717) is 18.3 Å². The Labute approximate surface area is 128 Å². The van der Waals surface area contributed by atoms with Gasteiger partial charge in [-0.2, -0.15) is 0 Å². The Morgan fingerprint density at radius 1 is 1.38 bits per heavy atom. The molecular formula is C15H19N3O2S. The van der Waals surface area contributed by atoms with Crippen molar-refractivity contribution in [3.63, 3.8) is 0 Å². The number of anilines is 1. The molecule has 6 heteroatoms. The van der Waals surface area contributed by atoms with Crippen molar-refractivity contribution in [3.8, 4) is 0 Å². The topological polar surface area (TPSA) is 63.2 Å². The van der Waals surface area contributed by atoms with Crippen molar-refractivity contribution in [3.05, 3.63) is 47.5 Å². The summed E-state index contributed by atoms with van der Waals surface area (Å²) in [4.78, 5) is 15.5. The molecule has 1 aromatic carbocycles. The van der Waals surface area contributed by atoms with E-state index in [1.807, 2.05) is 42.6 Å². The number of nitrogens with one attached hydrogen (secondary N) is 2. The molecule has 0 fully saturated rings. The Balaban J connectivity index is 1.56. The van der Waals surface area contributed by atoms with E-state index >= 15 is 0 Å². The fraction of sp³-hybridized carbons (Fsp3) is 0.333. The molecule has 1 atom stereocenters. The summed E-state index contributed by atoms with van der Waals surface area (Å²) >= 11 is 1.39. The molecule has 2 amide bonds. The molecule has 0 saturated carbocycles. The number of rotatable bonds is 7. The zero-order valence-corrected chi connectivity index (χ0v) is 12.7. The monoisotopic (exact) mass is 305 g/mol. The second-order valence-electron chi connectivity index (χ2n) is 4.50. The van der Waals surface area contributed by atoms with Crippen LogP contribution in [0.4, 0.5) is 9.93 Å². The lowest BCUT2D eigenvalue weighted by Crippen LogP contribution is -2.30. The van der Waals surface area contributed by atoms with Gasteiger partial charge >= 0.3 is 6.03 Å². The van der Waals surface area contributed by atoms with Crippen LogP contribution >= 0.6 is 11.3 Å². The molecule has 0 aliphatic rings. The highest BCUT2D eigenvalue weighted by Crippen LogP contribution is 2.15. The first kappa shape index (κ1) is 15.5. The highest BCUT2D eigenvalue weighted by atomic mass is 32.1. The minimum atomic E-state index is -0.235. The fourth-order valence-corrected chi connectivity index (χ4v) is 2.30. The van der Waals surface area contributed by atoms with Gasteiger partial charge < -0.3 is 10.1 Å². The molecule has 0 bridgehead atoms. The number of carbonyl (C=O) groups excluding carboxylic acids is 1. The largest absolute Gasteiger partial charge is 0.374 e. The van der Waals surface area contributed by atoms with Crippen molar-refractivity contribution in [2.45, 2.75) is 19.4 Å². The zero-order valence-electron chi connectivity index (χ0n) is 11.9. The van der Waals surface area contributed by atoms with Crippen molar-refractivity contribution in [1.29, 1.82) is 0 Å². The molecule has 1 aromatic heterocycles. The summed E-state index contributed by atoms with van der Waals surface area (Å²) in [7, 11) is 0. The van der Waals surface area contributed by atoms with Crippen LogP contribution in [0.1, 0.15) is 25.0 Å². The van der Waals surface area contributed by atoms with Crippen LogP contribution in [0.3, 0.4) is 0 Å². The summed E-state index contributed by atoms with van der Waals surface area (Å²) < 4.78 is 5.73. The van der Waals surface area contributed by atoms with Gasteiger partial charge in [-0.15, -0.1) is 11.3 Å². The molecule has 1 heterocycles. The number of hydrogen-bond acceptors (Lipinski definition) is 4. The van der Waals surface area contributed by atoms with Crippen molar-refractivity contribution in [1.82, 2.24) is 10.3 Å². The van der Waals surface area contributed by atoms with Gasteiger partial charge in [-0.05, 0) is 18.9 Å². The third-order valence-corrected chi connectivity index (χ3v) is 3.58. The molecule has 0 radical (unpaired) electrons. The van der Waals surface area contributed by atoms with Crippen LogP contribution in [0.2, 0.25) is 0 Å². The lowest BCUT2D eigenvalue weighted by atomic mass is 10.1. The zero-order chi connectivity index (χ0) is 14.9. The molecule has 0 saturated heterocycles. The van der Waals surface area contributed by atoms with Gasteiger partial charge in [0, 0.05) is 24.7 Å². The average Bonchev–Trinajstić information content (AvgIpc) is 3.00. The standard InChI is InChI=1S/C15H19N3O2S/c1-12(13-6-3-2-4-7-13)20-10-5-8-16-14(19)18-15-17-9-11-21-15/h2-4,6-7,9,11-12H,5,8,10H2,1H3,(H2,16,17,18,19).